The summed E-state index contributed by atoms with van der Waals surface area (Å²) in [6, 6.07) is 19.7. The zero-order valence-electron chi connectivity index (χ0n) is 22.4. The van der Waals surface area contributed by atoms with Crippen LogP contribution in [0.3, 0.4) is 0 Å². The van der Waals surface area contributed by atoms with Crippen LogP contribution in [0.15, 0.2) is 77.9 Å². The van der Waals surface area contributed by atoms with Gasteiger partial charge in [-0.2, -0.15) is 0 Å². The Morgan fingerprint density at radius 3 is 2.75 bits per heavy atom. The molecule has 0 fully saturated rings. The minimum Gasteiger partial charge on any atom is -0.492 e. The zero-order valence-corrected chi connectivity index (χ0v) is 20.2. The molecule has 0 spiro atoms. The summed E-state index contributed by atoms with van der Waals surface area (Å²) in [7, 11) is 1.80. The molecule has 2 aromatic heterocycles. The Morgan fingerprint density at radius 1 is 1.11 bits per heavy atom. The van der Waals surface area contributed by atoms with Crippen LogP contribution in [0.25, 0.3) is 22.0 Å². The maximum absolute atomic E-state index is 13.2. The first kappa shape index (κ1) is 19.3. The van der Waals surface area contributed by atoms with E-state index < -0.39 is 18.1 Å². The molecule has 3 aromatic carbocycles. The molecular formula is C28H24ClN5O2. The number of hydrogen-bond donors (Lipinski definition) is 1. The van der Waals surface area contributed by atoms with Gasteiger partial charge in [-0.25, -0.2) is 0 Å². The monoisotopic (exact) mass is 500 g/mol. The molecule has 7 nitrogen and oxygen atoms in total. The number of aromatic nitrogens is 4. The van der Waals surface area contributed by atoms with E-state index in [2.05, 4.69) is 10.2 Å². The van der Waals surface area contributed by atoms with Gasteiger partial charge in [0.25, 0.3) is 5.56 Å². The maximum atomic E-state index is 13.2. The van der Waals surface area contributed by atoms with E-state index in [0.29, 0.717) is 51.7 Å². The van der Waals surface area contributed by atoms with Crippen LogP contribution in [0, 0.1) is 0 Å². The van der Waals surface area contributed by atoms with Crippen LogP contribution in [0.2, 0.25) is 5.02 Å². The lowest BCUT2D eigenvalue weighted by atomic mass is 9.81. The molecule has 1 aliphatic rings. The van der Waals surface area contributed by atoms with Crippen molar-refractivity contribution in [3.8, 4) is 16.9 Å². The molecule has 3 heterocycles. The van der Waals surface area contributed by atoms with E-state index in [4.69, 9.17) is 26.2 Å². The maximum Gasteiger partial charge on any atom is 0.251 e. The van der Waals surface area contributed by atoms with Crippen molar-refractivity contribution < 1.29 is 8.85 Å². The number of rotatable bonds is 1. The van der Waals surface area contributed by atoms with E-state index in [1.165, 1.54) is 6.07 Å². The lowest BCUT2D eigenvalue weighted by Gasteiger charge is -2.31. The van der Waals surface area contributed by atoms with Crippen LogP contribution in [-0.4, -0.2) is 25.9 Å². The summed E-state index contributed by atoms with van der Waals surface area (Å²) in [6.45, 7) is -2.32. The smallest absolute Gasteiger partial charge is 0.251 e. The molecule has 0 saturated heterocycles. The summed E-state index contributed by atoms with van der Waals surface area (Å²) >= 11 is 6.51. The molecule has 5 aromatic rings. The molecule has 0 aliphatic carbocycles. The van der Waals surface area contributed by atoms with Crippen LogP contribution in [0.4, 0.5) is 0 Å². The molecule has 6 bridgehead atoms. The van der Waals surface area contributed by atoms with Gasteiger partial charge in [0, 0.05) is 36.0 Å². The Balaban J connectivity index is 1.77. The molecule has 0 radical (unpaired) electrons. The molecule has 36 heavy (non-hydrogen) atoms. The van der Waals surface area contributed by atoms with Gasteiger partial charge in [0.05, 0.1) is 17.1 Å². The second kappa shape index (κ2) is 8.33. The van der Waals surface area contributed by atoms with Crippen LogP contribution in [-0.2, 0) is 26.0 Å². The first-order chi connectivity index (χ1) is 18.6. The fraction of sp³-hybridized carbons (Fsp3) is 0.179. The van der Waals surface area contributed by atoms with Gasteiger partial charge in [-0.15, -0.1) is 10.2 Å². The summed E-state index contributed by atoms with van der Waals surface area (Å²) in [6.07, 6.45) is 2.15. The minimum atomic E-state index is -2.68. The van der Waals surface area contributed by atoms with Crippen molar-refractivity contribution in [1.82, 2.24) is 19.3 Å². The Labute approximate surface area is 216 Å². The van der Waals surface area contributed by atoms with Crippen molar-refractivity contribution >= 4 is 22.5 Å². The van der Waals surface area contributed by atoms with E-state index in [0.717, 1.165) is 15.7 Å². The quantitative estimate of drug-likeness (QED) is 0.373. The third-order valence-corrected chi connectivity index (χ3v) is 7.12. The van der Waals surface area contributed by atoms with Gasteiger partial charge in [-0.05, 0) is 52.1 Å². The molecule has 0 amide bonds. The molecule has 2 N–H and O–H groups in total. The van der Waals surface area contributed by atoms with Gasteiger partial charge in [-0.3, -0.25) is 4.79 Å². The Hall–Kier alpha value is -3.94. The molecular weight excluding hydrogens is 474 g/mol. The van der Waals surface area contributed by atoms with Gasteiger partial charge in [0.1, 0.15) is 17.6 Å². The van der Waals surface area contributed by atoms with Crippen molar-refractivity contribution in [2.24, 2.45) is 19.8 Å². The number of ether oxygens (including phenoxy) is 1. The van der Waals surface area contributed by atoms with E-state index in [1.807, 2.05) is 36.4 Å². The molecule has 1 atom stereocenters. The summed E-state index contributed by atoms with van der Waals surface area (Å²) in [5.74, 6) is 0.937. The number of fused-ring (bicyclic) bond motifs is 6. The minimum absolute atomic E-state index is 0.277. The number of hydrogen-bond acceptors (Lipinski definition) is 5. The average molecular weight is 501 g/mol. The molecule has 8 heteroatoms. The Kier molecular flexibility index (Phi) is 4.46. The van der Waals surface area contributed by atoms with E-state index >= 15 is 0 Å². The molecule has 1 unspecified atom stereocenters. The number of aryl methyl sites for hydroxylation is 2. The normalized spacial score (nSPS) is 18.7. The summed E-state index contributed by atoms with van der Waals surface area (Å²) < 4.78 is 32.9. The third kappa shape index (κ3) is 3.43. The molecule has 180 valence electrons. The van der Waals surface area contributed by atoms with Crippen molar-refractivity contribution in [3.63, 3.8) is 0 Å². The average Bonchev–Trinajstić information content (AvgIpc) is 3.33. The number of halogens is 1. The highest BCUT2D eigenvalue weighted by Crippen LogP contribution is 2.39. The third-order valence-electron chi connectivity index (χ3n) is 6.81. The van der Waals surface area contributed by atoms with Crippen molar-refractivity contribution in [3.05, 3.63) is 111 Å². The molecule has 0 saturated carbocycles. The van der Waals surface area contributed by atoms with Crippen LogP contribution in [0.1, 0.15) is 26.6 Å². The first-order valence-electron chi connectivity index (χ1n) is 12.9. The van der Waals surface area contributed by atoms with Crippen LogP contribution < -0.4 is 16.0 Å². The molecule has 6 rings (SSSR count). The van der Waals surface area contributed by atoms with Gasteiger partial charge < -0.3 is 19.6 Å². The lowest BCUT2D eigenvalue weighted by Crippen LogP contribution is -2.41. The SMILES string of the molecule is [2H]C([2H])([2H])n1c(=O)cc2c3cc(ccc31)C(N)(c1nncn1C)c1ccc(Cl)c(c1)OCCc1cccc-2c1. The highest BCUT2D eigenvalue weighted by atomic mass is 35.5. The second-order valence-electron chi connectivity index (χ2n) is 8.98. The van der Waals surface area contributed by atoms with Gasteiger partial charge >= 0.3 is 0 Å². The fourth-order valence-corrected chi connectivity index (χ4v) is 5.09. The Bertz CT molecular complexity index is 1810. The number of benzene rings is 3. The van der Waals surface area contributed by atoms with Crippen molar-refractivity contribution in [1.29, 1.82) is 0 Å². The standard InChI is InChI=1S/C28H24ClN5O2/c1-33-16-31-32-27(33)28(30)19-7-9-24-22(13-19)21(15-26(35)34(24)2)18-5-3-4-17(12-18)10-11-36-25-14-20(28)6-8-23(25)29/h3-9,12-16H,10-11,30H2,1-2H3/i2D3. The van der Waals surface area contributed by atoms with Gasteiger partial charge in [0.2, 0.25) is 0 Å². The van der Waals surface area contributed by atoms with Crippen LogP contribution >= 0.6 is 11.6 Å². The molecule has 1 aliphatic heterocycles. The number of nitrogens with zero attached hydrogens (tertiary/aromatic N) is 4. The zero-order chi connectivity index (χ0) is 27.5. The topological polar surface area (TPSA) is 88.0 Å². The second-order valence-corrected chi connectivity index (χ2v) is 9.39. The van der Waals surface area contributed by atoms with Crippen molar-refractivity contribution in [2.75, 3.05) is 6.61 Å². The van der Waals surface area contributed by atoms with E-state index in [-0.39, 0.29) is 5.52 Å². The predicted molar refractivity (Wildman–Crippen MR) is 140 cm³/mol. The Morgan fingerprint density at radius 2 is 1.94 bits per heavy atom. The van der Waals surface area contributed by atoms with E-state index in [9.17, 15) is 4.79 Å². The van der Waals surface area contributed by atoms with E-state index in [1.54, 1.807) is 42.2 Å². The predicted octanol–water partition coefficient (Wildman–Crippen LogP) is 4.17. The van der Waals surface area contributed by atoms with Crippen LogP contribution in [0.5, 0.6) is 5.75 Å². The summed E-state index contributed by atoms with van der Waals surface area (Å²) in [5.41, 5.74) is 9.24. The van der Waals surface area contributed by atoms with Crippen molar-refractivity contribution in [2.45, 2.75) is 12.0 Å². The fourth-order valence-electron chi connectivity index (χ4n) is 4.91. The largest absolute Gasteiger partial charge is 0.492 e. The first-order valence-corrected chi connectivity index (χ1v) is 11.8. The summed E-state index contributed by atoms with van der Waals surface area (Å²) in [4.78, 5) is 13.2. The lowest BCUT2D eigenvalue weighted by molar-refractivity contribution is 0.321. The number of pyridine rings is 1. The highest BCUT2D eigenvalue weighted by molar-refractivity contribution is 6.32. The number of nitrogens with two attached hydrogens (primary N) is 1. The van der Waals surface area contributed by atoms with Gasteiger partial charge in [-0.1, -0.05) is 48.0 Å². The summed E-state index contributed by atoms with van der Waals surface area (Å²) in [5, 5.41) is 9.43. The van der Waals surface area contributed by atoms with Gasteiger partial charge in [0.15, 0.2) is 5.82 Å². The highest BCUT2D eigenvalue weighted by Gasteiger charge is 2.37.